The largest absolute Gasteiger partial charge is 0.403 e. The summed E-state index contributed by atoms with van der Waals surface area (Å²) in [7, 11) is 0. The zero-order chi connectivity index (χ0) is 8.36. The van der Waals surface area contributed by atoms with Crippen molar-refractivity contribution < 1.29 is 13.2 Å². The summed E-state index contributed by atoms with van der Waals surface area (Å²) in [6.07, 6.45) is -3.78. The minimum atomic E-state index is -4.24. The molecule has 0 amide bonds. The van der Waals surface area contributed by atoms with Crippen LogP contribution in [-0.4, -0.2) is 12.2 Å². The molecule has 0 saturated carbocycles. The van der Waals surface area contributed by atoms with Gasteiger partial charge in [-0.25, -0.2) is 0 Å². The van der Waals surface area contributed by atoms with Gasteiger partial charge in [0.15, 0.2) is 0 Å². The fraction of sp³-hybridized carbons (Fsp3) is 1.00. The molecule has 0 aliphatic carbocycles. The molecule has 1 nitrogen and oxygen atoms in total. The highest BCUT2D eigenvalue weighted by molar-refractivity contribution is 4.75. The monoisotopic (exact) mass is 155 g/mol. The minimum absolute atomic E-state index is 0.459. The third-order valence-corrected chi connectivity index (χ3v) is 1.63. The van der Waals surface area contributed by atoms with Crippen molar-refractivity contribution in [3.8, 4) is 0 Å². The van der Waals surface area contributed by atoms with Crippen molar-refractivity contribution in [3.63, 3.8) is 0 Å². The number of alkyl halides is 3. The standard InChI is InChI=1S/C6H12F3N/c1-3-4(2)5(10)6(7,8)9/h4-5H,3,10H2,1-2H3/t4-,5+/m1/s1. The lowest BCUT2D eigenvalue weighted by Crippen LogP contribution is -2.42. The van der Waals surface area contributed by atoms with E-state index < -0.39 is 18.1 Å². The van der Waals surface area contributed by atoms with E-state index in [4.69, 9.17) is 5.73 Å². The van der Waals surface area contributed by atoms with Crippen molar-refractivity contribution in [3.05, 3.63) is 0 Å². The number of hydrogen-bond acceptors (Lipinski definition) is 1. The molecular weight excluding hydrogens is 143 g/mol. The lowest BCUT2D eigenvalue weighted by Gasteiger charge is -2.20. The Balaban J connectivity index is 3.94. The van der Waals surface area contributed by atoms with Crippen LogP contribution in [0.5, 0.6) is 0 Å². The van der Waals surface area contributed by atoms with E-state index >= 15 is 0 Å². The normalized spacial score (nSPS) is 18.6. The topological polar surface area (TPSA) is 26.0 Å². The molecule has 0 bridgehead atoms. The molecule has 0 fully saturated rings. The Morgan fingerprint density at radius 2 is 1.80 bits per heavy atom. The van der Waals surface area contributed by atoms with E-state index in [0.29, 0.717) is 6.42 Å². The minimum Gasteiger partial charge on any atom is -0.320 e. The van der Waals surface area contributed by atoms with Gasteiger partial charge in [-0.05, 0) is 5.92 Å². The summed E-state index contributed by atoms with van der Waals surface area (Å²) < 4.78 is 35.3. The Labute approximate surface area is 58.4 Å². The van der Waals surface area contributed by atoms with Crippen molar-refractivity contribution in [1.82, 2.24) is 0 Å². The molecule has 10 heavy (non-hydrogen) atoms. The highest BCUT2D eigenvalue weighted by Gasteiger charge is 2.39. The van der Waals surface area contributed by atoms with Gasteiger partial charge in [-0.3, -0.25) is 0 Å². The van der Waals surface area contributed by atoms with Crippen LogP contribution in [0.25, 0.3) is 0 Å². The van der Waals surface area contributed by atoms with Crippen molar-refractivity contribution in [2.75, 3.05) is 0 Å². The van der Waals surface area contributed by atoms with Crippen LogP contribution >= 0.6 is 0 Å². The molecule has 0 radical (unpaired) electrons. The molecule has 0 spiro atoms. The fourth-order valence-electron chi connectivity index (χ4n) is 0.577. The molecule has 0 aliphatic rings. The van der Waals surface area contributed by atoms with Crippen LogP contribution in [0, 0.1) is 5.92 Å². The van der Waals surface area contributed by atoms with Crippen LogP contribution in [0.2, 0.25) is 0 Å². The highest BCUT2D eigenvalue weighted by Crippen LogP contribution is 2.24. The lowest BCUT2D eigenvalue weighted by atomic mass is 10.00. The third kappa shape index (κ3) is 2.56. The maximum atomic E-state index is 11.8. The quantitative estimate of drug-likeness (QED) is 0.647. The number of hydrogen-bond donors (Lipinski definition) is 1. The van der Waals surface area contributed by atoms with Crippen molar-refractivity contribution >= 4 is 0 Å². The molecule has 0 unspecified atom stereocenters. The molecule has 0 aromatic rings. The zero-order valence-electron chi connectivity index (χ0n) is 6.07. The second kappa shape index (κ2) is 3.23. The van der Waals surface area contributed by atoms with E-state index in [0.717, 1.165) is 0 Å². The summed E-state index contributed by atoms with van der Waals surface area (Å²) in [6, 6.07) is -1.67. The number of nitrogens with two attached hydrogens (primary N) is 1. The van der Waals surface area contributed by atoms with E-state index in [9.17, 15) is 13.2 Å². The second-order valence-electron chi connectivity index (χ2n) is 2.45. The summed E-state index contributed by atoms with van der Waals surface area (Å²) in [5.41, 5.74) is 4.88. The molecule has 0 rings (SSSR count). The summed E-state index contributed by atoms with van der Waals surface area (Å²) in [4.78, 5) is 0. The summed E-state index contributed by atoms with van der Waals surface area (Å²) in [6.45, 7) is 3.19. The Morgan fingerprint density at radius 1 is 1.40 bits per heavy atom. The SMILES string of the molecule is CC[C@@H](C)[C@H](N)C(F)(F)F. The first-order valence-corrected chi connectivity index (χ1v) is 3.21. The zero-order valence-corrected chi connectivity index (χ0v) is 6.07. The molecule has 2 atom stereocenters. The van der Waals surface area contributed by atoms with Crippen LogP contribution in [-0.2, 0) is 0 Å². The van der Waals surface area contributed by atoms with Gasteiger partial charge < -0.3 is 5.73 Å². The van der Waals surface area contributed by atoms with E-state index in [2.05, 4.69) is 0 Å². The van der Waals surface area contributed by atoms with E-state index in [1.165, 1.54) is 6.92 Å². The molecule has 0 heterocycles. The maximum Gasteiger partial charge on any atom is 0.403 e. The van der Waals surface area contributed by atoms with Crippen LogP contribution in [0.1, 0.15) is 20.3 Å². The van der Waals surface area contributed by atoms with E-state index in [1.54, 1.807) is 6.92 Å². The van der Waals surface area contributed by atoms with Gasteiger partial charge in [0.2, 0.25) is 0 Å². The Morgan fingerprint density at radius 3 is 1.90 bits per heavy atom. The molecule has 0 saturated heterocycles. The van der Waals surface area contributed by atoms with Crippen molar-refractivity contribution in [2.45, 2.75) is 32.5 Å². The van der Waals surface area contributed by atoms with Crippen molar-refractivity contribution in [1.29, 1.82) is 0 Å². The Hall–Kier alpha value is -0.250. The Kier molecular flexibility index (Phi) is 3.15. The first-order valence-electron chi connectivity index (χ1n) is 3.21. The van der Waals surface area contributed by atoms with Crippen LogP contribution < -0.4 is 5.73 Å². The molecular formula is C6H12F3N. The van der Waals surface area contributed by atoms with Gasteiger partial charge in [0.25, 0.3) is 0 Å². The van der Waals surface area contributed by atoms with Gasteiger partial charge in [0, 0.05) is 0 Å². The van der Waals surface area contributed by atoms with Crippen LogP contribution in [0.4, 0.5) is 13.2 Å². The predicted octanol–water partition coefficient (Wildman–Crippen LogP) is 1.92. The molecule has 0 aromatic heterocycles. The second-order valence-corrected chi connectivity index (χ2v) is 2.45. The number of halogens is 3. The molecule has 4 heteroatoms. The van der Waals surface area contributed by atoms with Gasteiger partial charge in [-0.15, -0.1) is 0 Å². The smallest absolute Gasteiger partial charge is 0.320 e. The number of rotatable bonds is 2. The Bertz CT molecular complexity index is 99.7. The molecule has 0 aliphatic heterocycles. The average Bonchev–Trinajstić information content (AvgIpc) is 1.83. The van der Waals surface area contributed by atoms with Gasteiger partial charge >= 0.3 is 6.18 Å². The fourth-order valence-corrected chi connectivity index (χ4v) is 0.577. The summed E-state index contributed by atoms with van der Waals surface area (Å²) in [5, 5.41) is 0. The van der Waals surface area contributed by atoms with Crippen molar-refractivity contribution in [2.24, 2.45) is 11.7 Å². The highest BCUT2D eigenvalue weighted by atomic mass is 19.4. The molecule has 2 N–H and O–H groups in total. The van der Waals surface area contributed by atoms with E-state index in [-0.39, 0.29) is 0 Å². The van der Waals surface area contributed by atoms with Crippen LogP contribution in [0.3, 0.4) is 0 Å². The van der Waals surface area contributed by atoms with Gasteiger partial charge in [-0.2, -0.15) is 13.2 Å². The van der Waals surface area contributed by atoms with Gasteiger partial charge in [0.1, 0.15) is 6.04 Å². The van der Waals surface area contributed by atoms with Crippen LogP contribution in [0.15, 0.2) is 0 Å². The third-order valence-electron chi connectivity index (χ3n) is 1.63. The maximum absolute atomic E-state index is 11.8. The van der Waals surface area contributed by atoms with Gasteiger partial charge in [-0.1, -0.05) is 20.3 Å². The molecule has 62 valence electrons. The predicted molar refractivity (Wildman–Crippen MR) is 33.5 cm³/mol. The first kappa shape index (κ1) is 9.75. The van der Waals surface area contributed by atoms with E-state index in [1.807, 2.05) is 0 Å². The average molecular weight is 155 g/mol. The lowest BCUT2D eigenvalue weighted by molar-refractivity contribution is -0.157. The molecule has 0 aromatic carbocycles. The first-order chi connectivity index (χ1) is 4.39. The summed E-state index contributed by atoms with van der Waals surface area (Å²) >= 11 is 0. The summed E-state index contributed by atoms with van der Waals surface area (Å²) in [5.74, 6) is -0.486. The van der Waals surface area contributed by atoms with Gasteiger partial charge in [0.05, 0.1) is 0 Å².